The lowest BCUT2D eigenvalue weighted by atomic mass is 9.55. The number of fused-ring (bicyclic) bond motifs is 5. The molecule has 5 rings (SSSR count). The summed E-state index contributed by atoms with van der Waals surface area (Å²) in [5.74, 6) is 3.55. The molecule has 0 aliphatic heterocycles. The van der Waals surface area contributed by atoms with Crippen LogP contribution < -0.4 is 4.74 Å². The van der Waals surface area contributed by atoms with Gasteiger partial charge in [-0.05, 0) is 84.7 Å². The van der Waals surface area contributed by atoms with Gasteiger partial charge in [0.1, 0.15) is 11.5 Å². The first-order valence-corrected chi connectivity index (χ1v) is 10.2. The van der Waals surface area contributed by atoms with E-state index in [9.17, 15) is 4.79 Å². The highest BCUT2D eigenvalue weighted by molar-refractivity contribution is 6.28. The Labute approximate surface area is 164 Å². The summed E-state index contributed by atoms with van der Waals surface area (Å²) in [7, 11) is 0. The third-order valence-electron chi connectivity index (χ3n) is 7.23. The molecule has 2 fully saturated rings. The zero-order valence-electron chi connectivity index (χ0n) is 15.5. The molecule has 27 heavy (non-hydrogen) atoms. The summed E-state index contributed by atoms with van der Waals surface area (Å²) in [4.78, 5) is 20.4. The first-order valence-electron chi connectivity index (χ1n) is 9.87. The second-order valence-electron chi connectivity index (χ2n) is 8.46. The fraction of sp³-hybridized carbons (Fsp3) is 0.500. The quantitative estimate of drug-likeness (QED) is 0.657. The lowest BCUT2D eigenvalue weighted by molar-refractivity contribution is -0.129. The van der Waals surface area contributed by atoms with Gasteiger partial charge in [0.2, 0.25) is 11.2 Å². The van der Waals surface area contributed by atoms with Crippen molar-refractivity contribution in [2.75, 3.05) is 0 Å². The van der Waals surface area contributed by atoms with Crippen LogP contribution in [-0.4, -0.2) is 15.8 Å². The largest absolute Gasteiger partial charge is 0.439 e. The summed E-state index contributed by atoms with van der Waals surface area (Å²) in [5, 5.41) is 0.185. The van der Waals surface area contributed by atoms with Crippen molar-refractivity contribution >= 4 is 17.4 Å². The number of rotatable bonds is 2. The van der Waals surface area contributed by atoms with Crippen LogP contribution in [0, 0.1) is 17.3 Å². The Morgan fingerprint density at radius 3 is 2.93 bits per heavy atom. The standard InChI is InChI=1S/C22H23ClN2O2/c1-22-10-8-16-15-5-3-14(27-20-9-11-24-21(23)25-20)12-13(15)2-4-17(16)18(22)6-7-19(22)26/h3,5,9,11-12,16-18H,2,4,6-8,10H2,1H3/t16-,17-,18+,22+/m1/s1. The molecule has 2 saturated carbocycles. The summed E-state index contributed by atoms with van der Waals surface area (Å²) >= 11 is 5.84. The second-order valence-corrected chi connectivity index (χ2v) is 8.80. The molecular weight excluding hydrogens is 360 g/mol. The lowest BCUT2D eigenvalue weighted by Gasteiger charge is -2.48. The number of hydrogen-bond donors (Lipinski definition) is 0. The normalized spacial score (nSPS) is 31.8. The molecule has 1 aromatic carbocycles. The fourth-order valence-electron chi connectivity index (χ4n) is 5.89. The van der Waals surface area contributed by atoms with Crippen LogP contribution in [0.3, 0.4) is 0 Å². The van der Waals surface area contributed by atoms with E-state index in [1.807, 2.05) is 6.07 Å². The van der Waals surface area contributed by atoms with E-state index in [0.717, 1.165) is 37.9 Å². The average Bonchev–Trinajstić information content (AvgIpc) is 2.96. The number of Topliss-reactive ketones (excluding diaryl/α,β-unsaturated/α-hetero) is 1. The third kappa shape index (κ3) is 2.77. The summed E-state index contributed by atoms with van der Waals surface area (Å²) in [6, 6.07) is 8.12. The summed E-state index contributed by atoms with van der Waals surface area (Å²) in [5.41, 5.74) is 2.77. The fourth-order valence-corrected chi connectivity index (χ4v) is 6.03. The third-order valence-corrected chi connectivity index (χ3v) is 7.41. The molecule has 0 amide bonds. The molecule has 3 aliphatic carbocycles. The van der Waals surface area contributed by atoms with Crippen LogP contribution in [0.1, 0.15) is 56.1 Å². The number of aryl methyl sites for hydroxylation is 1. The van der Waals surface area contributed by atoms with Gasteiger partial charge in [-0.25, -0.2) is 4.98 Å². The van der Waals surface area contributed by atoms with Gasteiger partial charge in [0, 0.05) is 24.1 Å². The molecule has 4 atom stereocenters. The van der Waals surface area contributed by atoms with E-state index in [4.69, 9.17) is 16.3 Å². The minimum Gasteiger partial charge on any atom is -0.439 e. The zero-order valence-corrected chi connectivity index (χ0v) is 16.2. The maximum Gasteiger partial charge on any atom is 0.225 e. The van der Waals surface area contributed by atoms with E-state index in [1.54, 1.807) is 12.3 Å². The molecule has 3 aliphatic rings. The molecule has 4 nitrogen and oxygen atoms in total. The summed E-state index contributed by atoms with van der Waals surface area (Å²) in [6.45, 7) is 2.22. The van der Waals surface area contributed by atoms with Crippen LogP contribution in [0.2, 0.25) is 5.28 Å². The molecule has 0 unspecified atom stereocenters. The Bertz CT molecular complexity index is 915. The Morgan fingerprint density at radius 2 is 2.07 bits per heavy atom. The first kappa shape index (κ1) is 17.2. The van der Waals surface area contributed by atoms with E-state index >= 15 is 0 Å². The van der Waals surface area contributed by atoms with Crippen molar-refractivity contribution in [3.8, 4) is 11.6 Å². The number of hydrogen-bond acceptors (Lipinski definition) is 4. The summed E-state index contributed by atoms with van der Waals surface area (Å²) < 4.78 is 5.88. The highest BCUT2D eigenvalue weighted by atomic mass is 35.5. The van der Waals surface area contributed by atoms with Crippen LogP contribution in [-0.2, 0) is 11.2 Å². The van der Waals surface area contributed by atoms with Gasteiger partial charge in [-0.2, -0.15) is 4.98 Å². The van der Waals surface area contributed by atoms with Crippen molar-refractivity contribution in [1.29, 1.82) is 0 Å². The number of ether oxygens (including phenoxy) is 1. The minimum absolute atomic E-state index is 0.0615. The van der Waals surface area contributed by atoms with Crippen molar-refractivity contribution in [2.24, 2.45) is 17.3 Å². The molecular formula is C22H23ClN2O2. The number of carbonyl (C=O) groups excluding carboxylic acids is 1. The minimum atomic E-state index is -0.0615. The Kier molecular flexibility index (Phi) is 4.01. The molecule has 0 bridgehead atoms. The highest BCUT2D eigenvalue weighted by Gasteiger charge is 2.54. The smallest absolute Gasteiger partial charge is 0.225 e. The maximum absolute atomic E-state index is 12.5. The predicted octanol–water partition coefficient (Wildman–Crippen LogP) is 5.35. The topological polar surface area (TPSA) is 52.1 Å². The lowest BCUT2D eigenvalue weighted by Crippen LogP contribution is -2.42. The van der Waals surface area contributed by atoms with Crippen molar-refractivity contribution in [1.82, 2.24) is 9.97 Å². The van der Waals surface area contributed by atoms with Gasteiger partial charge in [0.15, 0.2) is 0 Å². The van der Waals surface area contributed by atoms with E-state index < -0.39 is 0 Å². The predicted molar refractivity (Wildman–Crippen MR) is 103 cm³/mol. The molecule has 0 spiro atoms. The number of carbonyl (C=O) groups is 1. The molecule has 0 N–H and O–H groups in total. The van der Waals surface area contributed by atoms with Crippen LogP contribution >= 0.6 is 11.6 Å². The number of benzene rings is 1. The molecule has 1 aromatic heterocycles. The van der Waals surface area contributed by atoms with Gasteiger partial charge in [0.05, 0.1) is 0 Å². The number of halogens is 1. The summed E-state index contributed by atoms with van der Waals surface area (Å²) in [6.07, 6.45) is 7.85. The van der Waals surface area contributed by atoms with Gasteiger partial charge in [-0.3, -0.25) is 4.79 Å². The number of aromatic nitrogens is 2. The highest BCUT2D eigenvalue weighted by Crippen LogP contribution is 2.59. The molecule has 2 aromatic rings. The van der Waals surface area contributed by atoms with E-state index in [-0.39, 0.29) is 10.7 Å². The maximum atomic E-state index is 12.5. The van der Waals surface area contributed by atoms with Crippen molar-refractivity contribution in [2.45, 2.75) is 51.4 Å². The molecule has 0 radical (unpaired) electrons. The molecule has 5 heteroatoms. The van der Waals surface area contributed by atoms with Gasteiger partial charge in [-0.1, -0.05) is 13.0 Å². The molecule has 1 heterocycles. The Hall–Kier alpha value is -1.94. The Balaban J connectivity index is 1.41. The van der Waals surface area contributed by atoms with Gasteiger partial charge in [-0.15, -0.1) is 0 Å². The van der Waals surface area contributed by atoms with Gasteiger partial charge < -0.3 is 4.74 Å². The van der Waals surface area contributed by atoms with Crippen LogP contribution in [0.15, 0.2) is 30.5 Å². The monoisotopic (exact) mass is 382 g/mol. The van der Waals surface area contributed by atoms with Crippen molar-refractivity contribution in [3.63, 3.8) is 0 Å². The van der Waals surface area contributed by atoms with Crippen LogP contribution in [0.5, 0.6) is 11.6 Å². The Morgan fingerprint density at radius 1 is 1.19 bits per heavy atom. The SMILES string of the molecule is C[C@]12CC[C@@H]3c4ccc(Oc5ccnc(Cl)n5)cc4CC[C@H]3[C@@H]1CCC2=O. The van der Waals surface area contributed by atoms with Gasteiger partial charge >= 0.3 is 0 Å². The average molecular weight is 383 g/mol. The zero-order chi connectivity index (χ0) is 18.6. The van der Waals surface area contributed by atoms with Crippen molar-refractivity contribution in [3.05, 3.63) is 46.9 Å². The van der Waals surface area contributed by atoms with Gasteiger partial charge in [0.25, 0.3) is 0 Å². The molecule has 0 saturated heterocycles. The van der Waals surface area contributed by atoms with Crippen LogP contribution in [0.4, 0.5) is 0 Å². The van der Waals surface area contributed by atoms with E-state index in [0.29, 0.717) is 29.4 Å². The van der Waals surface area contributed by atoms with E-state index in [2.05, 4.69) is 29.0 Å². The van der Waals surface area contributed by atoms with Crippen molar-refractivity contribution < 1.29 is 9.53 Å². The second kappa shape index (κ2) is 6.30. The van der Waals surface area contributed by atoms with Crippen LogP contribution in [0.25, 0.3) is 0 Å². The number of nitrogens with zero attached hydrogens (tertiary/aromatic N) is 2. The number of ketones is 1. The first-order chi connectivity index (χ1) is 13.0. The molecule has 140 valence electrons. The van der Waals surface area contributed by atoms with E-state index in [1.165, 1.54) is 17.5 Å².